The maximum atomic E-state index is 14.7. The number of aromatic nitrogens is 3. The molecule has 3 amide bonds. The second-order valence-electron chi connectivity index (χ2n) is 23.6. The quantitative estimate of drug-likeness (QED) is 0.0524. The van der Waals surface area contributed by atoms with E-state index < -0.39 is 23.6 Å². The zero-order valence-corrected chi connectivity index (χ0v) is 47.4. The van der Waals surface area contributed by atoms with E-state index in [1.165, 1.54) is 30.6 Å². The monoisotopic (exact) mass is 1080 g/mol. The predicted octanol–water partition coefficient (Wildman–Crippen LogP) is 9.34. The zero-order chi connectivity index (χ0) is 53.9. The van der Waals surface area contributed by atoms with Crippen LogP contribution >= 0.6 is 22.9 Å². The molecule has 5 aromatic rings. The summed E-state index contributed by atoms with van der Waals surface area (Å²) in [4.78, 5) is 60.9. The third-order valence-electron chi connectivity index (χ3n) is 16.4. The highest BCUT2D eigenvalue weighted by molar-refractivity contribution is 7.13. The highest BCUT2D eigenvalue weighted by Crippen LogP contribution is 2.41. The number of aliphatic hydroxyl groups is 1. The lowest BCUT2D eigenvalue weighted by Gasteiger charge is -2.56. The summed E-state index contributed by atoms with van der Waals surface area (Å²) in [6.07, 6.45) is 8.25. The topological polar surface area (TPSA) is 151 Å². The van der Waals surface area contributed by atoms with Gasteiger partial charge in [-0.25, -0.2) is 14.4 Å². The van der Waals surface area contributed by atoms with E-state index in [0.29, 0.717) is 34.5 Å². The molecule has 410 valence electrons. The van der Waals surface area contributed by atoms with E-state index in [-0.39, 0.29) is 42.5 Å². The van der Waals surface area contributed by atoms with Gasteiger partial charge in [-0.15, -0.1) is 11.3 Å². The fraction of sp³-hybridized carbons (Fsp3) is 0.576. The fourth-order valence-corrected chi connectivity index (χ4v) is 12.9. The molecule has 4 aliphatic rings. The van der Waals surface area contributed by atoms with Crippen molar-refractivity contribution in [3.63, 3.8) is 0 Å². The van der Waals surface area contributed by atoms with Crippen LogP contribution in [0.3, 0.4) is 0 Å². The van der Waals surface area contributed by atoms with E-state index in [2.05, 4.69) is 46.3 Å². The number of β-amino-alcohol motifs (C(OH)–C–C–N with tert-alkyl or cyclic N) is 1. The van der Waals surface area contributed by atoms with Crippen LogP contribution in [0, 0.1) is 37.4 Å². The number of halogens is 2. The first-order chi connectivity index (χ1) is 36.4. The smallest absolute Gasteiger partial charge is 0.246 e. The summed E-state index contributed by atoms with van der Waals surface area (Å²) in [7, 11) is 0. The minimum absolute atomic E-state index is 0.0391. The maximum absolute atomic E-state index is 14.7. The Hall–Kier alpha value is -5.13. The van der Waals surface area contributed by atoms with Crippen molar-refractivity contribution in [2.24, 2.45) is 10.8 Å². The predicted molar refractivity (Wildman–Crippen MR) is 304 cm³/mol. The van der Waals surface area contributed by atoms with Crippen LogP contribution in [0.4, 0.5) is 16.0 Å². The van der Waals surface area contributed by atoms with E-state index in [1.807, 2.05) is 96.4 Å². The Bertz CT molecular complexity index is 2820. The van der Waals surface area contributed by atoms with Crippen LogP contribution in [0.5, 0.6) is 0 Å². The van der Waals surface area contributed by atoms with E-state index in [9.17, 15) is 23.9 Å². The van der Waals surface area contributed by atoms with Gasteiger partial charge in [-0.05, 0) is 92.4 Å². The number of likely N-dealkylation sites (tertiary alicyclic amines) is 1. The lowest BCUT2D eigenvalue weighted by molar-refractivity contribution is -0.144. The molecular weight excluding hydrogens is 999 g/mol. The number of hydrogen-bond acceptors (Lipinski definition) is 11. The average molecular weight is 1080 g/mol. The molecule has 4 saturated heterocycles. The first kappa shape index (κ1) is 55.6. The minimum atomic E-state index is -0.842. The maximum Gasteiger partial charge on any atom is 0.246 e. The number of nitrogens with zero attached hydrogens (tertiary/aromatic N) is 7. The van der Waals surface area contributed by atoms with Gasteiger partial charge < -0.3 is 40.3 Å². The van der Waals surface area contributed by atoms with Gasteiger partial charge in [0.05, 0.1) is 46.0 Å². The number of hydrogen-bond donors (Lipinski definition) is 4. The SMILES string of the molecule is Cc1cc(Cn2c(N3CC4(CNC4)C3)nc3c(N4CCN(CCCCCCCCCCC(=O)N[C@H](C(=O)N5C[C@H](O)C[C@H]5C(=O)N[C@@H](C)c5ccc(-c6scnc6C)cc5)C(C)(C)C)CC4)cc(Cl)cc32)cc(C)c1F. The van der Waals surface area contributed by atoms with Crippen molar-refractivity contribution in [3.05, 3.63) is 92.8 Å². The number of piperazine rings is 1. The molecule has 0 unspecified atom stereocenters. The summed E-state index contributed by atoms with van der Waals surface area (Å²) in [5.74, 6) is -0.0217. The number of thiazole rings is 1. The number of imidazole rings is 1. The highest BCUT2D eigenvalue weighted by Gasteiger charge is 2.49. The number of benzene rings is 3. The van der Waals surface area contributed by atoms with Gasteiger partial charge in [-0.3, -0.25) is 19.3 Å². The van der Waals surface area contributed by atoms with Crippen LogP contribution in [0.1, 0.15) is 126 Å². The number of anilines is 2. The van der Waals surface area contributed by atoms with Crippen molar-refractivity contribution in [1.82, 2.24) is 40.3 Å². The molecule has 6 heterocycles. The summed E-state index contributed by atoms with van der Waals surface area (Å²) in [6, 6.07) is 14.1. The third-order valence-corrected chi connectivity index (χ3v) is 17.5. The summed E-state index contributed by atoms with van der Waals surface area (Å²) in [5, 5.41) is 20.9. The Morgan fingerprint density at radius 1 is 0.895 bits per heavy atom. The molecule has 76 heavy (non-hydrogen) atoms. The van der Waals surface area contributed by atoms with Crippen LogP contribution in [0.15, 0.2) is 54.0 Å². The van der Waals surface area contributed by atoms with Gasteiger partial charge in [-0.1, -0.05) is 107 Å². The van der Waals surface area contributed by atoms with Crippen LogP contribution in [-0.2, 0) is 20.9 Å². The molecule has 3 aromatic carbocycles. The molecule has 0 saturated carbocycles. The molecule has 0 aliphatic carbocycles. The number of aliphatic hydroxyl groups excluding tert-OH is 1. The Morgan fingerprint density at radius 3 is 2.17 bits per heavy atom. The molecule has 2 aromatic heterocycles. The van der Waals surface area contributed by atoms with Crippen molar-refractivity contribution in [3.8, 4) is 10.4 Å². The summed E-state index contributed by atoms with van der Waals surface area (Å²) in [6.45, 7) is 22.9. The van der Waals surface area contributed by atoms with Crippen LogP contribution < -0.4 is 25.8 Å². The van der Waals surface area contributed by atoms with Crippen LogP contribution in [-0.4, -0.2) is 131 Å². The lowest BCUT2D eigenvalue weighted by atomic mass is 9.75. The molecule has 14 nitrogen and oxygen atoms in total. The summed E-state index contributed by atoms with van der Waals surface area (Å²) in [5.41, 5.74) is 9.98. The molecular formula is C59H80ClFN10O4S. The number of carbonyl (C=O) groups excluding carboxylic acids is 3. The van der Waals surface area contributed by atoms with E-state index in [1.54, 1.807) is 11.3 Å². The van der Waals surface area contributed by atoms with Crippen molar-refractivity contribution < 1.29 is 23.9 Å². The lowest BCUT2D eigenvalue weighted by Crippen LogP contribution is -2.71. The van der Waals surface area contributed by atoms with E-state index >= 15 is 0 Å². The van der Waals surface area contributed by atoms with Gasteiger partial charge in [0.25, 0.3) is 0 Å². The number of unbranched alkanes of at least 4 members (excludes halogenated alkanes) is 7. The van der Waals surface area contributed by atoms with Gasteiger partial charge in [0.2, 0.25) is 23.7 Å². The second-order valence-corrected chi connectivity index (χ2v) is 24.9. The van der Waals surface area contributed by atoms with Crippen molar-refractivity contribution >= 4 is 63.3 Å². The van der Waals surface area contributed by atoms with Gasteiger partial charge in [0, 0.05) is 82.2 Å². The number of rotatable bonds is 21. The number of carbonyl (C=O) groups is 3. The molecule has 4 aliphatic heterocycles. The Balaban J connectivity index is 0.677. The molecule has 4 fully saturated rings. The molecule has 4 N–H and O–H groups in total. The summed E-state index contributed by atoms with van der Waals surface area (Å²) >= 11 is 8.49. The molecule has 1 spiro atoms. The van der Waals surface area contributed by atoms with Crippen molar-refractivity contribution in [2.75, 3.05) is 75.2 Å². The standard InChI is InChI=1S/C59H80ClFN10O4S/c1-38-26-42(27-39(2)51(38)61)31-71-48-29-45(60)28-47(52(48)66-57(71)69-35-59(36-69)33-62-34-59)68-24-22-67(23-25-68)21-15-13-11-9-8-10-12-14-16-50(73)65-54(58(5,6)7)56(75)70-32-46(72)30-49(70)55(74)64-40(3)43-17-19-44(20-18-43)53-41(4)63-37-76-53/h17-20,26-29,37,40,46,49,54,62,72H,8-16,21-25,30-36H2,1-7H3,(H,64,74)(H,65,73)/t40-,46+,49-,54+/m0/s1. The van der Waals surface area contributed by atoms with Crippen molar-refractivity contribution in [2.45, 2.75) is 143 Å². The normalized spacial score (nSPS) is 19.5. The first-order valence-corrected chi connectivity index (χ1v) is 29.1. The van der Waals surface area contributed by atoms with Gasteiger partial charge in [-0.2, -0.15) is 0 Å². The van der Waals surface area contributed by atoms with Crippen LogP contribution in [0.2, 0.25) is 5.02 Å². The van der Waals surface area contributed by atoms with Crippen molar-refractivity contribution in [1.29, 1.82) is 0 Å². The highest BCUT2D eigenvalue weighted by atomic mass is 35.5. The largest absolute Gasteiger partial charge is 0.391 e. The Labute approximate surface area is 458 Å². The minimum Gasteiger partial charge on any atom is -0.391 e. The first-order valence-electron chi connectivity index (χ1n) is 27.8. The van der Waals surface area contributed by atoms with E-state index in [4.69, 9.17) is 16.6 Å². The number of fused-ring (bicyclic) bond motifs is 1. The number of aryl methyl sites for hydroxylation is 3. The fourth-order valence-electron chi connectivity index (χ4n) is 11.9. The number of nitrogens with one attached hydrogen (secondary N) is 3. The Kier molecular flexibility index (Phi) is 17.5. The molecule has 0 bridgehead atoms. The molecule has 9 rings (SSSR count). The Morgan fingerprint density at radius 2 is 1.55 bits per heavy atom. The molecule has 4 atom stereocenters. The average Bonchev–Trinajstić information content (AvgIpc) is 4.12. The second kappa shape index (κ2) is 23.9. The zero-order valence-electron chi connectivity index (χ0n) is 45.8. The van der Waals surface area contributed by atoms with Gasteiger partial charge >= 0.3 is 0 Å². The van der Waals surface area contributed by atoms with Gasteiger partial charge in [0.1, 0.15) is 23.4 Å². The number of amides is 3. The van der Waals surface area contributed by atoms with Gasteiger partial charge in [0.15, 0.2) is 0 Å². The van der Waals surface area contributed by atoms with E-state index in [0.717, 1.165) is 135 Å². The molecule has 17 heteroatoms. The summed E-state index contributed by atoms with van der Waals surface area (Å²) < 4.78 is 17.0. The van der Waals surface area contributed by atoms with Crippen LogP contribution in [0.25, 0.3) is 21.5 Å². The third kappa shape index (κ3) is 12.7. The molecule has 0 radical (unpaired) electrons.